The topological polar surface area (TPSA) is 42.0 Å². The molecular weight excluding hydrogens is 388 g/mol. The molecule has 0 aliphatic heterocycles. The predicted octanol–water partition coefficient (Wildman–Crippen LogP) is 6.14. The standard InChI is InChI=1S/C26H22N2OS/c1-25(23(29)28-24-27-22(17-30-24)19-11-5-2-6-12-19)18-26(25,20-13-7-3-8-14-20)21-15-9-4-10-16-21/h2-17H,18H2,1H3,(H,27,28,29). The average molecular weight is 411 g/mol. The second kappa shape index (κ2) is 7.22. The third kappa shape index (κ3) is 2.96. The highest BCUT2D eigenvalue weighted by atomic mass is 32.1. The van der Waals surface area contributed by atoms with Crippen LogP contribution < -0.4 is 5.32 Å². The van der Waals surface area contributed by atoms with Gasteiger partial charge in [-0.2, -0.15) is 0 Å². The zero-order chi connectivity index (χ0) is 20.6. The Labute approximate surface area is 180 Å². The molecule has 1 unspecified atom stereocenters. The van der Waals surface area contributed by atoms with Crippen molar-refractivity contribution in [1.82, 2.24) is 4.98 Å². The minimum atomic E-state index is -0.533. The third-order valence-corrected chi connectivity index (χ3v) is 7.02. The van der Waals surface area contributed by atoms with Crippen molar-refractivity contribution in [3.8, 4) is 11.3 Å². The first-order chi connectivity index (χ1) is 14.6. The van der Waals surface area contributed by atoms with Crippen LogP contribution in [0, 0.1) is 5.41 Å². The van der Waals surface area contributed by atoms with Gasteiger partial charge >= 0.3 is 0 Å². The Morgan fingerprint density at radius 2 is 1.40 bits per heavy atom. The smallest absolute Gasteiger partial charge is 0.233 e. The third-order valence-electron chi connectivity index (χ3n) is 6.26. The van der Waals surface area contributed by atoms with Gasteiger partial charge in [-0.3, -0.25) is 4.79 Å². The van der Waals surface area contributed by atoms with Crippen LogP contribution in [0.15, 0.2) is 96.4 Å². The molecule has 1 amide bonds. The molecule has 4 heteroatoms. The van der Waals surface area contributed by atoms with E-state index in [4.69, 9.17) is 0 Å². The van der Waals surface area contributed by atoms with Gasteiger partial charge in [0.1, 0.15) is 0 Å². The summed E-state index contributed by atoms with van der Waals surface area (Å²) in [6.07, 6.45) is 0.775. The number of amides is 1. The van der Waals surface area contributed by atoms with Gasteiger partial charge in [-0.05, 0) is 24.5 Å². The lowest BCUT2D eigenvalue weighted by Gasteiger charge is -2.23. The molecular formula is C26H22N2OS. The van der Waals surface area contributed by atoms with Crippen LogP contribution in [0.3, 0.4) is 0 Å². The van der Waals surface area contributed by atoms with Crippen LogP contribution >= 0.6 is 11.3 Å². The number of nitrogens with one attached hydrogen (secondary N) is 1. The van der Waals surface area contributed by atoms with Crippen LogP contribution in [-0.4, -0.2) is 10.9 Å². The largest absolute Gasteiger partial charge is 0.301 e. The first-order valence-corrected chi connectivity index (χ1v) is 10.9. The fraction of sp³-hybridized carbons (Fsp3) is 0.154. The Kier molecular flexibility index (Phi) is 4.52. The van der Waals surface area contributed by atoms with Crippen LogP contribution in [0.2, 0.25) is 0 Å². The van der Waals surface area contributed by atoms with E-state index in [9.17, 15) is 4.79 Å². The molecule has 1 heterocycles. The molecule has 0 spiro atoms. The van der Waals surface area contributed by atoms with Gasteiger partial charge in [-0.15, -0.1) is 11.3 Å². The van der Waals surface area contributed by atoms with Gasteiger partial charge in [0.2, 0.25) is 5.91 Å². The highest BCUT2D eigenvalue weighted by Crippen LogP contribution is 2.68. The van der Waals surface area contributed by atoms with E-state index in [0.29, 0.717) is 5.13 Å². The molecule has 1 aliphatic carbocycles. The van der Waals surface area contributed by atoms with Gasteiger partial charge < -0.3 is 5.32 Å². The number of rotatable bonds is 5. The highest BCUT2D eigenvalue weighted by molar-refractivity contribution is 7.14. The number of carbonyl (C=O) groups excluding carboxylic acids is 1. The second-order valence-electron chi connectivity index (χ2n) is 8.00. The molecule has 1 fully saturated rings. The van der Waals surface area contributed by atoms with E-state index in [0.717, 1.165) is 17.7 Å². The summed E-state index contributed by atoms with van der Waals surface area (Å²) >= 11 is 1.47. The van der Waals surface area contributed by atoms with Gasteiger partial charge in [0.15, 0.2) is 5.13 Å². The predicted molar refractivity (Wildman–Crippen MR) is 123 cm³/mol. The summed E-state index contributed by atoms with van der Waals surface area (Å²) in [5, 5.41) is 5.73. The van der Waals surface area contributed by atoms with Crippen molar-refractivity contribution in [3.63, 3.8) is 0 Å². The number of anilines is 1. The summed E-state index contributed by atoms with van der Waals surface area (Å²) in [5.74, 6) is 0.0177. The lowest BCUT2D eigenvalue weighted by molar-refractivity contribution is -0.121. The summed E-state index contributed by atoms with van der Waals surface area (Å²) in [6.45, 7) is 2.06. The fourth-order valence-corrected chi connectivity index (χ4v) is 5.24. The normalized spacial score (nSPS) is 19.2. The van der Waals surface area contributed by atoms with Crippen LogP contribution in [0.25, 0.3) is 11.3 Å². The summed E-state index contributed by atoms with van der Waals surface area (Å²) in [4.78, 5) is 18.1. The maximum Gasteiger partial charge on any atom is 0.233 e. The van der Waals surface area contributed by atoms with Crippen LogP contribution in [0.1, 0.15) is 24.5 Å². The lowest BCUT2D eigenvalue weighted by Crippen LogP contribution is -2.30. The van der Waals surface area contributed by atoms with Crippen molar-refractivity contribution in [2.24, 2.45) is 5.41 Å². The van der Waals surface area contributed by atoms with Crippen molar-refractivity contribution in [1.29, 1.82) is 0 Å². The molecule has 30 heavy (non-hydrogen) atoms. The van der Waals surface area contributed by atoms with E-state index >= 15 is 0 Å². The van der Waals surface area contributed by atoms with Gasteiger partial charge in [-0.25, -0.2) is 4.98 Å². The SMILES string of the molecule is CC1(C(=O)Nc2nc(-c3ccccc3)cs2)CC1(c1ccccc1)c1ccccc1. The van der Waals surface area contributed by atoms with Crippen LogP contribution in [0.5, 0.6) is 0 Å². The van der Waals surface area contributed by atoms with Crippen molar-refractivity contribution in [3.05, 3.63) is 108 Å². The molecule has 3 aromatic carbocycles. The van der Waals surface area contributed by atoms with E-state index in [2.05, 4.69) is 41.5 Å². The van der Waals surface area contributed by atoms with E-state index < -0.39 is 5.41 Å². The van der Waals surface area contributed by atoms with E-state index in [1.807, 2.05) is 72.1 Å². The summed E-state index contributed by atoms with van der Waals surface area (Å²) in [7, 11) is 0. The maximum atomic E-state index is 13.5. The molecule has 148 valence electrons. The number of hydrogen-bond acceptors (Lipinski definition) is 3. The Morgan fingerprint density at radius 1 is 0.867 bits per heavy atom. The molecule has 1 aliphatic rings. The molecule has 1 aromatic heterocycles. The molecule has 1 atom stereocenters. The van der Waals surface area contributed by atoms with Gasteiger partial charge in [0, 0.05) is 16.4 Å². The minimum Gasteiger partial charge on any atom is -0.301 e. The molecule has 1 saturated carbocycles. The molecule has 3 nitrogen and oxygen atoms in total. The van der Waals surface area contributed by atoms with E-state index in [-0.39, 0.29) is 11.3 Å². The van der Waals surface area contributed by atoms with Crippen molar-refractivity contribution < 1.29 is 4.79 Å². The number of thiazole rings is 1. The fourth-order valence-electron chi connectivity index (χ4n) is 4.52. The average Bonchev–Trinajstić information content (AvgIpc) is 3.21. The number of hydrogen-bond donors (Lipinski definition) is 1. The van der Waals surface area contributed by atoms with Gasteiger partial charge in [-0.1, -0.05) is 91.0 Å². The van der Waals surface area contributed by atoms with Crippen molar-refractivity contribution in [2.45, 2.75) is 18.8 Å². The Morgan fingerprint density at radius 3 is 1.97 bits per heavy atom. The minimum absolute atomic E-state index is 0.0177. The molecule has 0 saturated heterocycles. The van der Waals surface area contributed by atoms with Gasteiger partial charge in [0.05, 0.1) is 11.1 Å². The summed E-state index contributed by atoms with van der Waals surface area (Å²) in [5.41, 5.74) is 3.44. The first kappa shape index (κ1) is 18.8. The zero-order valence-corrected chi connectivity index (χ0v) is 17.5. The highest BCUT2D eigenvalue weighted by Gasteiger charge is 2.70. The number of nitrogens with zero attached hydrogens (tertiary/aromatic N) is 1. The maximum absolute atomic E-state index is 13.5. The second-order valence-corrected chi connectivity index (χ2v) is 8.86. The van der Waals surface area contributed by atoms with Crippen molar-refractivity contribution in [2.75, 3.05) is 5.32 Å². The number of aromatic nitrogens is 1. The first-order valence-electron chi connectivity index (χ1n) is 10.1. The zero-order valence-electron chi connectivity index (χ0n) is 16.7. The summed E-state index contributed by atoms with van der Waals surface area (Å²) in [6, 6.07) is 30.7. The monoisotopic (exact) mass is 410 g/mol. The molecule has 4 aromatic rings. The molecule has 1 N–H and O–H groups in total. The lowest BCUT2D eigenvalue weighted by atomic mass is 9.80. The quantitative estimate of drug-likeness (QED) is 0.429. The molecule has 5 rings (SSSR count). The van der Waals surface area contributed by atoms with Crippen LogP contribution in [0.4, 0.5) is 5.13 Å². The Hall–Kier alpha value is -3.24. The van der Waals surface area contributed by atoms with Gasteiger partial charge in [0.25, 0.3) is 0 Å². The Bertz CT molecular complexity index is 1130. The van der Waals surface area contributed by atoms with Crippen molar-refractivity contribution >= 4 is 22.4 Å². The number of carbonyl (C=O) groups is 1. The molecule has 0 bridgehead atoms. The van der Waals surface area contributed by atoms with E-state index in [1.165, 1.54) is 22.5 Å². The van der Waals surface area contributed by atoms with E-state index in [1.54, 1.807) is 0 Å². The Balaban J connectivity index is 1.45. The number of benzene rings is 3. The van der Waals surface area contributed by atoms with Crippen LogP contribution in [-0.2, 0) is 10.2 Å². The molecule has 0 radical (unpaired) electrons. The summed E-state index contributed by atoms with van der Waals surface area (Å²) < 4.78 is 0.